The Labute approximate surface area is 115 Å². The molecule has 1 aromatic carbocycles. The fourth-order valence-electron chi connectivity index (χ4n) is 1.31. The number of carboxylic acid groups (broad SMARTS) is 1. The highest BCUT2D eigenvalue weighted by atomic mass is 79.9. The molecule has 1 rings (SSSR count). The van der Waals surface area contributed by atoms with E-state index in [-0.39, 0.29) is 0 Å². The lowest BCUT2D eigenvalue weighted by Crippen LogP contribution is -2.23. The van der Waals surface area contributed by atoms with Crippen LogP contribution in [0.3, 0.4) is 0 Å². The van der Waals surface area contributed by atoms with Crippen molar-refractivity contribution in [2.24, 2.45) is 0 Å². The molecular formula is C13H18BrNO3. The molecule has 2 N–H and O–H groups in total. The van der Waals surface area contributed by atoms with Gasteiger partial charge in [0.25, 0.3) is 0 Å². The van der Waals surface area contributed by atoms with Crippen LogP contribution in [0.1, 0.15) is 26.3 Å². The summed E-state index contributed by atoms with van der Waals surface area (Å²) in [4.78, 5) is 10.7. The van der Waals surface area contributed by atoms with Gasteiger partial charge in [-0.1, -0.05) is 19.9 Å². The topological polar surface area (TPSA) is 58.6 Å². The maximum atomic E-state index is 10.7. The van der Waals surface area contributed by atoms with Crippen LogP contribution >= 0.6 is 15.9 Å². The van der Waals surface area contributed by atoms with Gasteiger partial charge in [0.15, 0.2) is 6.10 Å². The molecule has 0 aliphatic rings. The third-order valence-corrected chi connectivity index (χ3v) is 2.98. The Balaban J connectivity index is 2.70. The number of nitrogens with one attached hydrogen (secondary N) is 1. The second kappa shape index (κ2) is 6.75. The molecule has 0 aliphatic carbocycles. The van der Waals surface area contributed by atoms with Crippen molar-refractivity contribution in [3.63, 3.8) is 0 Å². The van der Waals surface area contributed by atoms with Gasteiger partial charge < -0.3 is 15.2 Å². The Hall–Kier alpha value is -1.07. The molecule has 0 fully saturated rings. The number of hydrogen-bond acceptors (Lipinski definition) is 3. The fraction of sp³-hybridized carbons (Fsp3) is 0.462. The minimum absolute atomic E-state index is 0.423. The number of carbonyl (C=O) groups is 1. The van der Waals surface area contributed by atoms with Crippen molar-refractivity contribution >= 4 is 21.9 Å². The van der Waals surface area contributed by atoms with Gasteiger partial charge >= 0.3 is 5.97 Å². The Morgan fingerprint density at radius 2 is 2.11 bits per heavy atom. The number of carboxylic acids is 1. The van der Waals surface area contributed by atoms with E-state index in [1.807, 2.05) is 12.1 Å². The van der Waals surface area contributed by atoms with E-state index in [2.05, 4.69) is 35.1 Å². The lowest BCUT2D eigenvalue weighted by molar-refractivity contribution is -0.144. The zero-order valence-electron chi connectivity index (χ0n) is 10.7. The predicted octanol–water partition coefficient (Wildman–Crippen LogP) is 2.80. The molecule has 0 spiro atoms. The molecule has 18 heavy (non-hydrogen) atoms. The van der Waals surface area contributed by atoms with Crippen molar-refractivity contribution in [3.8, 4) is 5.75 Å². The molecule has 1 aromatic rings. The highest BCUT2D eigenvalue weighted by molar-refractivity contribution is 9.10. The third kappa shape index (κ3) is 4.66. The van der Waals surface area contributed by atoms with Crippen LogP contribution in [0.15, 0.2) is 22.7 Å². The minimum Gasteiger partial charge on any atom is -0.479 e. The van der Waals surface area contributed by atoms with Gasteiger partial charge in [0, 0.05) is 12.6 Å². The van der Waals surface area contributed by atoms with Crippen LogP contribution in [-0.2, 0) is 11.3 Å². The second-order valence-electron chi connectivity index (χ2n) is 4.40. The lowest BCUT2D eigenvalue weighted by atomic mass is 10.2. The van der Waals surface area contributed by atoms with E-state index in [0.29, 0.717) is 11.8 Å². The first-order chi connectivity index (χ1) is 8.40. The average Bonchev–Trinajstić information content (AvgIpc) is 2.29. The number of aliphatic carboxylic acids is 1. The molecule has 1 atom stereocenters. The molecule has 5 heteroatoms. The van der Waals surface area contributed by atoms with Crippen LogP contribution in [0, 0.1) is 0 Å². The summed E-state index contributed by atoms with van der Waals surface area (Å²) in [7, 11) is 0. The summed E-state index contributed by atoms with van der Waals surface area (Å²) in [6.45, 7) is 6.44. The molecule has 0 aromatic heterocycles. The van der Waals surface area contributed by atoms with Gasteiger partial charge in [0.2, 0.25) is 0 Å². The number of halogens is 1. The first-order valence-corrected chi connectivity index (χ1v) is 6.60. The first kappa shape index (κ1) is 15.0. The van der Waals surface area contributed by atoms with E-state index in [1.165, 1.54) is 6.92 Å². The molecule has 0 saturated heterocycles. The summed E-state index contributed by atoms with van der Waals surface area (Å²) in [5.41, 5.74) is 1.12. The standard InChI is InChI=1S/C13H18BrNO3/c1-8(2)15-7-10-4-5-12(11(14)6-10)18-9(3)13(16)17/h4-6,8-9,15H,7H2,1-3H3,(H,16,17). The molecular weight excluding hydrogens is 298 g/mol. The molecule has 0 saturated carbocycles. The van der Waals surface area contributed by atoms with Gasteiger partial charge in [-0.05, 0) is 40.5 Å². The smallest absolute Gasteiger partial charge is 0.344 e. The van der Waals surface area contributed by atoms with Gasteiger partial charge in [-0.3, -0.25) is 0 Å². The van der Waals surface area contributed by atoms with Gasteiger partial charge in [-0.2, -0.15) is 0 Å². The largest absolute Gasteiger partial charge is 0.479 e. The van der Waals surface area contributed by atoms with Crippen molar-refractivity contribution in [1.29, 1.82) is 0 Å². The predicted molar refractivity (Wildman–Crippen MR) is 73.8 cm³/mol. The Kier molecular flexibility index (Phi) is 5.62. The summed E-state index contributed by atoms with van der Waals surface area (Å²) in [6.07, 6.45) is -0.860. The highest BCUT2D eigenvalue weighted by Crippen LogP contribution is 2.27. The number of benzene rings is 1. The monoisotopic (exact) mass is 315 g/mol. The normalized spacial score (nSPS) is 12.5. The van der Waals surface area contributed by atoms with Crippen molar-refractivity contribution in [2.75, 3.05) is 0 Å². The van der Waals surface area contributed by atoms with Crippen LogP contribution in [0.5, 0.6) is 5.75 Å². The minimum atomic E-state index is -0.979. The van der Waals surface area contributed by atoms with E-state index < -0.39 is 12.1 Å². The summed E-state index contributed by atoms with van der Waals surface area (Å²) in [5, 5.41) is 12.1. The molecule has 0 radical (unpaired) electrons. The van der Waals surface area contributed by atoms with Crippen molar-refractivity contribution in [1.82, 2.24) is 5.32 Å². The molecule has 0 amide bonds. The maximum absolute atomic E-state index is 10.7. The Bertz CT molecular complexity index is 421. The molecule has 0 heterocycles. The van der Waals surface area contributed by atoms with Gasteiger partial charge in [0.05, 0.1) is 4.47 Å². The molecule has 1 unspecified atom stereocenters. The zero-order chi connectivity index (χ0) is 13.7. The van der Waals surface area contributed by atoms with Crippen LogP contribution in [0.2, 0.25) is 0 Å². The number of rotatable bonds is 6. The van der Waals surface area contributed by atoms with Gasteiger partial charge in [-0.25, -0.2) is 4.79 Å². The SMILES string of the molecule is CC(C)NCc1ccc(OC(C)C(=O)O)c(Br)c1. The Morgan fingerprint density at radius 1 is 1.44 bits per heavy atom. The molecule has 0 aliphatic heterocycles. The maximum Gasteiger partial charge on any atom is 0.344 e. The first-order valence-electron chi connectivity index (χ1n) is 5.81. The summed E-state index contributed by atoms with van der Waals surface area (Å²) < 4.78 is 6.08. The summed E-state index contributed by atoms with van der Waals surface area (Å²) in [6, 6.07) is 6.05. The summed E-state index contributed by atoms with van der Waals surface area (Å²) >= 11 is 3.39. The quantitative estimate of drug-likeness (QED) is 0.847. The van der Waals surface area contributed by atoms with E-state index >= 15 is 0 Å². The lowest BCUT2D eigenvalue weighted by Gasteiger charge is -2.13. The van der Waals surface area contributed by atoms with Crippen molar-refractivity contribution in [2.45, 2.75) is 39.5 Å². The average molecular weight is 316 g/mol. The zero-order valence-corrected chi connectivity index (χ0v) is 12.3. The third-order valence-electron chi connectivity index (χ3n) is 2.36. The molecule has 4 nitrogen and oxygen atoms in total. The fourth-order valence-corrected chi connectivity index (χ4v) is 1.83. The molecule has 100 valence electrons. The van der Waals surface area contributed by atoms with Gasteiger partial charge in [-0.15, -0.1) is 0 Å². The Morgan fingerprint density at radius 3 is 2.61 bits per heavy atom. The second-order valence-corrected chi connectivity index (χ2v) is 5.25. The van der Waals surface area contributed by atoms with E-state index in [0.717, 1.165) is 16.6 Å². The van der Waals surface area contributed by atoms with Crippen LogP contribution in [-0.4, -0.2) is 23.2 Å². The van der Waals surface area contributed by atoms with Crippen molar-refractivity contribution in [3.05, 3.63) is 28.2 Å². The molecule has 0 bridgehead atoms. The highest BCUT2D eigenvalue weighted by Gasteiger charge is 2.14. The van der Waals surface area contributed by atoms with Crippen molar-refractivity contribution < 1.29 is 14.6 Å². The van der Waals surface area contributed by atoms with E-state index in [1.54, 1.807) is 6.07 Å². The number of hydrogen-bond donors (Lipinski definition) is 2. The van der Waals surface area contributed by atoms with Gasteiger partial charge in [0.1, 0.15) is 5.75 Å². The van der Waals surface area contributed by atoms with E-state index in [9.17, 15) is 4.79 Å². The van der Waals surface area contributed by atoms with Crippen LogP contribution in [0.4, 0.5) is 0 Å². The number of ether oxygens (including phenoxy) is 1. The van der Waals surface area contributed by atoms with E-state index in [4.69, 9.17) is 9.84 Å². The van der Waals surface area contributed by atoms with Crippen LogP contribution < -0.4 is 10.1 Å². The summed E-state index contributed by atoms with van der Waals surface area (Å²) in [5.74, 6) is -0.439. The van der Waals surface area contributed by atoms with Crippen LogP contribution in [0.25, 0.3) is 0 Å².